The summed E-state index contributed by atoms with van der Waals surface area (Å²) in [5.74, 6) is -1.69. The quantitative estimate of drug-likeness (QED) is 0.660. The minimum atomic E-state index is -4.74. The first-order valence-electron chi connectivity index (χ1n) is 4.97. The van der Waals surface area contributed by atoms with Gasteiger partial charge in [0.1, 0.15) is 0 Å². The van der Waals surface area contributed by atoms with Crippen molar-refractivity contribution in [1.29, 1.82) is 0 Å². The van der Waals surface area contributed by atoms with E-state index >= 15 is 0 Å². The summed E-state index contributed by atoms with van der Waals surface area (Å²) in [4.78, 5) is 12.2. The van der Waals surface area contributed by atoms with Gasteiger partial charge in [0.2, 0.25) is 0 Å². The number of hydrogen-bond donors (Lipinski definition) is 1. The molecule has 1 aliphatic heterocycles. The van der Waals surface area contributed by atoms with Crippen LogP contribution in [0.25, 0.3) is 0 Å². The van der Waals surface area contributed by atoms with Crippen LogP contribution in [0.2, 0.25) is 0 Å². The minimum absolute atomic E-state index is 0.0671. The summed E-state index contributed by atoms with van der Waals surface area (Å²) in [6.45, 7) is 2.42. The number of nitrogens with one attached hydrogen (secondary N) is 1. The fourth-order valence-corrected chi connectivity index (χ4v) is 2.03. The highest BCUT2D eigenvalue weighted by Crippen LogP contribution is 2.44. The second kappa shape index (κ2) is 3.10. The smallest absolute Gasteiger partial charge is 0.326 e. The molecular formula is C9H13F3N2O. The highest BCUT2D eigenvalue weighted by atomic mass is 19.4. The van der Waals surface area contributed by atoms with Crippen LogP contribution in [-0.4, -0.2) is 41.7 Å². The molecule has 0 aromatic heterocycles. The standard InChI is InChI=1S/C9H13F3N2O/c1-6-4-14(7(15)9(10,11)12)8(2-3-8)5-13-6/h6,13H,2-5H2,1H3/t6-/m1/s1. The summed E-state index contributed by atoms with van der Waals surface area (Å²) in [5, 5.41) is 3.11. The molecule has 1 heterocycles. The molecule has 1 saturated heterocycles. The zero-order valence-electron chi connectivity index (χ0n) is 8.40. The Bertz CT molecular complexity index is 286. The van der Waals surface area contributed by atoms with Crippen LogP contribution >= 0.6 is 0 Å². The van der Waals surface area contributed by atoms with Crippen molar-refractivity contribution in [1.82, 2.24) is 10.2 Å². The van der Waals surface area contributed by atoms with Crippen molar-refractivity contribution < 1.29 is 18.0 Å². The lowest BCUT2D eigenvalue weighted by atomic mass is 10.1. The molecule has 1 N–H and O–H groups in total. The first kappa shape index (κ1) is 10.7. The van der Waals surface area contributed by atoms with E-state index in [1.54, 1.807) is 6.92 Å². The molecule has 1 spiro atoms. The van der Waals surface area contributed by atoms with Crippen molar-refractivity contribution in [2.45, 2.75) is 37.5 Å². The lowest BCUT2D eigenvalue weighted by Crippen LogP contribution is -2.61. The van der Waals surface area contributed by atoms with E-state index in [0.29, 0.717) is 19.4 Å². The molecule has 0 unspecified atom stereocenters. The molecule has 1 amide bonds. The molecule has 3 nitrogen and oxygen atoms in total. The van der Waals surface area contributed by atoms with E-state index in [9.17, 15) is 18.0 Å². The second-order valence-corrected chi connectivity index (χ2v) is 4.42. The predicted octanol–water partition coefficient (Wildman–Crippen LogP) is 0.902. The SMILES string of the molecule is C[C@@H]1CN(C(=O)C(F)(F)F)C2(CC2)CN1. The van der Waals surface area contributed by atoms with Crippen LogP contribution in [0, 0.1) is 0 Å². The minimum Gasteiger partial charge on any atom is -0.326 e. The van der Waals surface area contributed by atoms with Crippen LogP contribution in [0.5, 0.6) is 0 Å². The Morgan fingerprint density at radius 1 is 1.47 bits per heavy atom. The van der Waals surface area contributed by atoms with Gasteiger partial charge in [-0.05, 0) is 19.8 Å². The normalized spacial score (nSPS) is 29.3. The molecule has 0 aromatic rings. The van der Waals surface area contributed by atoms with Gasteiger partial charge < -0.3 is 10.2 Å². The Morgan fingerprint density at radius 3 is 2.53 bits per heavy atom. The molecule has 2 fully saturated rings. The summed E-state index contributed by atoms with van der Waals surface area (Å²) < 4.78 is 37.0. The summed E-state index contributed by atoms with van der Waals surface area (Å²) in [6.07, 6.45) is -3.39. The maximum absolute atomic E-state index is 12.3. The van der Waals surface area contributed by atoms with Crippen molar-refractivity contribution >= 4 is 5.91 Å². The molecule has 0 bridgehead atoms. The van der Waals surface area contributed by atoms with E-state index in [2.05, 4.69) is 5.32 Å². The van der Waals surface area contributed by atoms with E-state index in [1.165, 1.54) is 0 Å². The maximum Gasteiger partial charge on any atom is 0.471 e. The van der Waals surface area contributed by atoms with Crippen molar-refractivity contribution in [2.24, 2.45) is 0 Å². The molecule has 0 radical (unpaired) electrons. The molecule has 15 heavy (non-hydrogen) atoms. The van der Waals surface area contributed by atoms with Gasteiger partial charge in [0.15, 0.2) is 0 Å². The van der Waals surface area contributed by atoms with E-state index in [1.807, 2.05) is 0 Å². The largest absolute Gasteiger partial charge is 0.471 e. The van der Waals surface area contributed by atoms with Crippen molar-refractivity contribution in [3.8, 4) is 0 Å². The van der Waals surface area contributed by atoms with Crippen molar-refractivity contribution in [3.63, 3.8) is 0 Å². The molecule has 1 atom stereocenters. The number of halogens is 3. The van der Waals surface area contributed by atoms with Crippen molar-refractivity contribution in [3.05, 3.63) is 0 Å². The summed E-state index contributed by atoms with van der Waals surface area (Å²) in [6, 6.07) is -0.0671. The zero-order chi connectivity index (χ0) is 11.3. The average Bonchev–Trinajstić information content (AvgIpc) is 2.88. The molecule has 6 heteroatoms. The van der Waals surface area contributed by atoms with Crippen LogP contribution in [0.15, 0.2) is 0 Å². The molecule has 86 valence electrons. The Labute approximate surface area is 85.6 Å². The molecule has 1 saturated carbocycles. The molecule has 2 aliphatic rings. The Balaban J connectivity index is 2.15. The van der Waals surface area contributed by atoms with E-state index in [4.69, 9.17) is 0 Å². The van der Waals surface area contributed by atoms with E-state index in [-0.39, 0.29) is 12.6 Å². The predicted molar refractivity (Wildman–Crippen MR) is 47.2 cm³/mol. The fourth-order valence-electron chi connectivity index (χ4n) is 2.03. The van der Waals surface area contributed by atoms with Gasteiger partial charge >= 0.3 is 12.1 Å². The summed E-state index contributed by atoms with van der Waals surface area (Å²) in [5.41, 5.74) is -0.543. The highest BCUT2D eigenvalue weighted by molar-refractivity contribution is 5.83. The lowest BCUT2D eigenvalue weighted by molar-refractivity contribution is -0.190. The number of nitrogens with zero attached hydrogens (tertiary/aromatic N) is 1. The third-order valence-corrected chi connectivity index (χ3v) is 3.12. The number of carbonyl (C=O) groups is 1. The highest BCUT2D eigenvalue weighted by Gasteiger charge is 2.57. The number of piperazine rings is 1. The van der Waals surface area contributed by atoms with Gasteiger partial charge in [-0.15, -0.1) is 0 Å². The number of hydrogen-bond acceptors (Lipinski definition) is 2. The number of amides is 1. The first-order valence-corrected chi connectivity index (χ1v) is 4.97. The van der Waals surface area contributed by atoms with Gasteiger partial charge in [0.25, 0.3) is 0 Å². The van der Waals surface area contributed by atoms with Gasteiger partial charge in [-0.25, -0.2) is 0 Å². The number of carbonyl (C=O) groups excluding carboxylic acids is 1. The van der Waals surface area contributed by atoms with Gasteiger partial charge in [-0.2, -0.15) is 13.2 Å². The molecule has 1 aliphatic carbocycles. The van der Waals surface area contributed by atoms with E-state index in [0.717, 1.165) is 4.90 Å². The van der Waals surface area contributed by atoms with Crippen LogP contribution < -0.4 is 5.32 Å². The summed E-state index contributed by atoms with van der Waals surface area (Å²) >= 11 is 0. The molecular weight excluding hydrogens is 209 g/mol. The number of rotatable bonds is 0. The van der Waals surface area contributed by atoms with Crippen LogP contribution in [0.3, 0.4) is 0 Å². The van der Waals surface area contributed by atoms with Gasteiger partial charge in [0, 0.05) is 19.1 Å². The Morgan fingerprint density at radius 2 is 2.07 bits per heavy atom. The Kier molecular flexibility index (Phi) is 2.22. The van der Waals surface area contributed by atoms with Gasteiger partial charge in [-0.3, -0.25) is 4.79 Å². The monoisotopic (exact) mass is 222 g/mol. The van der Waals surface area contributed by atoms with Crippen LogP contribution in [0.1, 0.15) is 19.8 Å². The fraction of sp³-hybridized carbons (Fsp3) is 0.889. The summed E-state index contributed by atoms with van der Waals surface area (Å²) in [7, 11) is 0. The molecule has 0 aromatic carbocycles. The maximum atomic E-state index is 12.3. The van der Waals surface area contributed by atoms with Gasteiger partial charge in [0.05, 0.1) is 5.54 Å². The zero-order valence-corrected chi connectivity index (χ0v) is 8.40. The topological polar surface area (TPSA) is 32.3 Å². The van der Waals surface area contributed by atoms with Crippen molar-refractivity contribution in [2.75, 3.05) is 13.1 Å². The van der Waals surface area contributed by atoms with E-state index < -0.39 is 17.6 Å². The molecule has 2 rings (SSSR count). The Hall–Kier alpha value is -0.780. The van der Waals surface area contributed by atoms with Crippen LogP contribution in [-0.2, 0) is 4.79 Å². The second-order valence-electron chi connectivity index (χ2n) is 4.42. The third-order valence-electron chi connectivity index (χ3n) is 3.12. The van der Waals surface area contributed by atoms with Crippen LogP contribution in [0.4, 0.5) is 13.2 Å². The average molecular weight is 222 g/mol. The van der Waals surface area contributed by atoms with Gasteiger partial charge in [-0.1, -0.05) is 0 Å². The first-order chi connectivity index (χ1) is 6.85. The lowest BCUT2D eigenvalue weighted by Gasteiger charge is -2.40. The third kappa shape index (κ3) is 1.82. The number of alkyl halides is 3.